The minimum Gasteiger partial charge on any atom is -0.342 e. The van der Waals surface area contributed by atoms with Crippen LogP contribution in [0.25, 0.3) is 0 Å². The number of nitrogens with zero attached hydrogens (tertiary/aromatic N) is 3. The topological polar surface area (TPSA) is 69.9 Å². The van der Waals surface area contributed by atoms with Gasteiger partial charge in [0.15, 0.2) is 0 Å². The van der Waals surface area contributed by atoms with Crippen molar-refractivity contribution in [2.75, 3.05) is 52.4 Å². The van der Waals surface area contributed by atoms with Crippen LogP contribution in [0.5, 0.6) is 0 Å². The number of likely N-dealkylation sites (tertiary alicyclic amines) is 1. The molecule has 0 aromatic rings. The lowest BCUT2D eigenvalue weighted by molar-refractivity contribution is -0.137. The summed E-state index contributed by atoms with van der Waals surface area (Å²) < 4.78 is 0. The fourth-order valence-corrected chi connectivity index (χ4v) is 2.97. The number of amides is 2. The zero-order valence-corrected chi connectivity index (χ0v) is 15.5. The molecule has 6 nitrogen and oxygen atoms in total. The second kappa shape index (κ2) is 11.1. The number of hydrogen-bond acceptors (Lipinski definition) is 4. The van der Waals surface area contributed by atoms with Crippen LogP contribution >= 0.6 is 24.8 Å². The van der Waals surface area contributed by atoms with E-state index in [1.54, 1.807) is 0 Å². The van der Waals surface area contributed by atoms with Gasteiger partial charge < -0.3 is 15.5 Å². The van der Waals surface area contributed by atoms with E-state index in [0.29, 0.717) is 26.2 Å². The van der Waals surface area contributed by atoms with Crippen molar-refractivity contribution < 1.29 is 9.59 Å². The molecule has 0 aliphatic carbocycles. The van der Waals surface area contributed by atoms with Gasteiger partial charge in [0, 0.05) is 51.7 Å². The standard InChI is InChI=1S/C15H28N4O2.2ClH/c1-13(11-16)15(21)19-9-7-17(8-10-19)12-14(20)18-5-3-2-4-6-18;;/h13H,2-12,16H2,1H3;2*1H. The molecule has 0 spiro atoms. The summed E-state index contributed by atoms with van der Waals surface area (Å²) in [5.41, 5.74) is 5.55. The van der Waals surface area contributed by atoms with Crippen molar-refractivity contribution in [1.82, 2.24) is 14.7 Å². The summed E-state index contributed by atoms with van der Waals surface area (Å²) in [6, 6.07) is 0. The predicted molar refractivity (Wildman–Crippen MR) is 96.2 cm³/mol. The van der Waals surface area contributed by atoms with Gasteiger partial charge in [-0.3, -0.25) is 14.5 Å². The SMILES string of the molecule is CC(CN)C(=O)N1CCN(CC(=O)N2CCCCC2)CC1.Cl.Cl. The highest BCUT2D eigenvalue weighted by Gasteiger charge is 2.26. The molecule has 0 radical (unpaired) electrons. The minimum absolute atomic E-state index is 0. The lowest BCUT2D eigenvalue weighted by Gasteiger charge is -2.36. The monoisotopic (exact) mass is 368 g/mol. The molecule has 0 aromatic carbocycles. The van der Waals surface area contributed by atoms with Gasteiger partial charge in [0.05, 0.1) is 6.54 Å². The molecular formula is C15H30Cl2N4O2. The molecule has 8 heteroatoms. The lowest BCUT2D eigenvalue weighted by atomic mass is 10.1. The van der Waals surface area contributed by atoms with Crippen molar-refractivity contribution >= 4 is 36.6 Å². The molecule has 2 aliphatic rings. The van der Waals surface area contributed by atoms with Crippen LogP contribution in [-0.2, 0) is 9.59 Å². The summed E-state index contributed by atoms with van der Waals surface area (Å²) in [4.78, 5) is 30.3. The van der Waals surface area contributed by atoms with Crippen LogP contribution in [0.4, 0.5) is 0 Å². The Bertz CT molecular complexity index is 370. The van der Waals surface area contributed by atoms with Crippen molar-refractivity contribution in [2.45, 2.75) is 26.2 Å². The van der Waals surface area contributed by atoms with E-state index in [1.807, 2.05) is 16.7 Å². The first-order valence-corrected chi connectivity index (χ1v) is 8.11. The molecule has 136 valence electrons. The van der Waals surface area contributed by atoms with Crippen LogP contribution in [0.1, 0.15) is 26.2 Å². The van der Waals surface area contributed by atoms with Crippen LogP contribution in [0.2, 0.25) is 0 Å². The Labute approximate surface area is 151 Å². The van der Waals surface area contributed by atoms with Gasteiger partial charge in [-0.2, -0.15) is 0 Å². The molecule has 23 heavy (non-hydrogen) atoms. The van der Waals surface area contributed by atoms with Gasteiger partial charge in [-0.25, -0.2) is 0 Å². The van der Waals surface area contributed by atoms with Crippen LogP contribution in [0, 0.1) is 5.92 Å². The molecule has 1 atom stereocenters. The summed E-state index contributed by atoms with van der Waals surface area (Å²) in [6.07, 6.45) is 3.50. The molecule has 2 N–H and O–H groups in total. The number of hydrogen-bond donors (Lipinski definition) is 1. The fraction of sp³-hybridized carbons (Fsp3) is 0.867. The van der Waals surface area contributed by atoms with Crippen molar-refractivity contribution in [3.8, 4) is 0 Å². The van der Waals surface area contributed by atoms with Crippen LogP contribution in [0.3, 0.4) is 0 Å². The highest BCUT2D eigenvalue weighted by Crippen LogP contribution is 2.11. The van der Waals surface area contributed by atoms with Crippen LogP contribution in [-0.4, -0.2) is 78.9 Å². The maximum atomic E-state index is 12.2. The van der Waals surface area contributed by atoms with Gasteiger partial charge in [0.1, 0.15) is 0 Å². The summed E-state index contributed by atoms with van der Waals surface area (Å²) >= 11 is 0. The highest BCUT2D eigenvalue weighted by molar-refractivity contribution is 5.85. The molecule has 2 rings (SSSR count). The maximum Gasteiger partial charge on any atom is 0.236 e. The summed E-state index contributed by atoms with van der Waals surface area (Å²) in [6.45, 7) is 7.55. The quantitative estimate of drug-likeness (QED) is 0.787. The van der Waals surface area contributed by atoms with Crippen LogP contribution < -0.4 is 5.73 Å². The maximum absolute atomic E-state index is 12.2. The first-order valence-electron chi connectivity index (χ1n) is 8.11. The third kappa shape index (κ3) is 6.45. The number of carbonyl (C=O) groups excluding carboxylic acids is 2. The third-order valence-electron chi connectivity index (χ3n) is 4.53. The Morgan fingerprint density at radius 2 is 1.48 bits per heavy atom. The molecule has 2 saturated heterocycles. The number of halogens is 2. The molecule has 2 amide bonds. The zero-order valence-electron chi connectivity index (χ0n) is 13.9. The second-order valence-electron chi connectivity index (χ2n) is 6.18. The van der Waals surface area contributed by atoms with Crippen molar-refractivity contribution in [3.05, 3.63) is 0 Å². The number of piperidine rings is 1. The Kier molecular flexibility index (Phi) is 10.8. The Balaban J connectivity index is 0.00000242. The average Bonchev–Trinajstić information content (AvgIpc) is 2.55. The van der Waals surface area contributed by atoms with E-state index in [2.05, 4.69) is 4.90 Å². The zero-order chi connectivity index (χ0) is 15.2. The molecule has 2 heterocycles. The van der Waals surface area contributed by atoms with Gasteiger partial charge in [-0.05, 0) is 19.3 Å². The minimum atomic E-state index is -0.105. The molecule has 2 aliphatic heterocycles. The van der Waals surface area contributed by atoms with Gasteiger partial charge in [0.25, 0.3) is 0 Å². The predicted octanol–water partition coefficient (Wildman–Crippen LogP) is 0.581. The van der Waals surface area contributed by atoms with Gasteiger partial charge in [-0.15, -0.1) is 24.8 Å². The molecule has 0 bridgehead atoms. The smallest absolute Gasteiger partial charge is 0.236 e. The second-order valence-corrected chi connectivity index (χ2v) is 6.18. The third-order valence-corrected chi connectivity index (χ3v) is 4.53. The first kappa shape index (κ1) is 22.4. The Morgan fingerprint density at radius 3 is 2.00 bits per heavy atom. The van der Waals surface area contributed by atoms with E-state index in [4.69, 9.17) is 5.73 Å². The fourth-order valence-electron chi connectivity index (χ4n) is 2.97. The molecule has 1 unspecified atom stereocenters. The Hall–Kier alpha value is -0.560. The number of carbonyl (C=O) groups is 2. The average molecular weight is 369 g/mol. The summed E-state index contributed by atoms with van der Waals surface area (Å²) in [5, 5.41) is 0. The van der Waals surface area contributed by atoms with Gasteiger partial charge in [0.2, 0.25) is 11.8 Å². The largest absolute Gasteiger partial charge is 0.342 e. The van der Waals surface area contributed by atoms with E-state index in [0.717, 1.165) is 39.0 Å². The molecular weight excluding hydrogens is 339 g/mol. The summed E-state index contributed by atoms with van der Waals surface area (Å²) in [7, 11) is 0. The van der Waals surface area contributed by atoms with E-state index in [9.17, 15) is 9.59 Å². The number of rotatable bonds is 4. The first-order chi connectivity index (χ1) is 10.1. The van der Waals surface area contributed by atoms with E-state index in [1.165, 1.54) is 6.42 Å². The van der Waals surface area contributed by atoms with Gasteiger partial charge in [-0.1, -0.05) is 6.92 Å². The highest BCUT2D eigenvalue weighted by atomic mass is 35.5. The van der Waals surface area contributed by atoms with E-state index in [-0.39, 0.29) is 42.5 Å². The molecule has 0 aromatic heterocycles. The number of piperazine rings is 1. The van der Waals surface area contributed by atoms with Crippen molar-refractivity contribution in [2.24, 2.45) is 11.7 Å². The normalized spacial score (nSPS) is 20.3. The molecule has 2 fully saturated rings. The number of nitrogens with two attached hydrogens (primary N) is 1. The van der Waals surface area contributed by atoms with Crippen molar-refractivity contribution in [3.63, 3.8) is 0 Å². The summed E-state index contributed by atoms with van der Waals surface area (Å²) in [5.74, 6) is 0.274. The van der Waals surface area contributed by atoms with Crippen LogP contribution in [0.15, 0.2) is 0 Å². The lowest BCUT2D eigenvalue weighted by Crippen LogP contribution is -2.53. The van der Waals surface area contributed by atoms with Gasteiger partial charge >= 0.3 is 0 Å². The molecule has 0 saturated carbocycles. The van der Waals surface area contributed by atoms with E-state index >= 15 is 0 Å². The van der Waals surface area contributed by atoms with Crippen molar-refractivity contribution in [1.29, 1.82) is 0 Å². The Morgan fingerprint density at radius 1 is 0.913 bits per heavy atom. The van der Waals surface area contributed by atoms with E-state index < -0.39 is 0 Å².